The first-order valence-electron chi connectivity index (χ1n) is 11.8. The number of fused-ring (bicyclic) bond motifs is 1. The lowest BCUT2D eigenvalue weighted by Gasteiger charge is -2.35. The van der Waals surface area contributed by atoms with Crippen molar-refractivity contribution >= 4 is 17.0 Å². The number of aromatic nitrogens is 4. The Bertz CT molecular complexity index is 1340. The fourth-order valence-corrected chi connectivity index (χ4v) is 4.57. The van der Waals surface area contributed by atoms with E-state index in [0.29, 0.717) is 0 Å². The van der Waals surface area contributed by atoms with Crippen molar-refractivity contribution in [2.24, 2.45) is 0 Å². The van der Waals surface area contributed by atoms with Gasteiger partial charge < -0.3 is 25.1 Å². The van der Waals surface area contributed by atoms with Gasteiger partial charge in [-0.15, -0.1) is 0 Å². The molecule has 0 aliphatic carbocycles. The summed E-state index contributed by atoms with van der Waals surface area (Å²) < 4.78 is 49.0. The molecule has 2 aromatic carbocycles. The van der Waals surface area contributed by atoms with E-state index in [1.807, 2.05) is 60.7 Å². The highest BCUT2D eigenvalue weighted by Crippen LogP contribution is 2.44. The number of benzene rings is 2. The van der Waals surface area contributed by atoms with Crippen LogP contribution in [0.2, 0.25) is 0 Å². The van der Waals surface area contributed by atoms with Gasteiger partial charge in [0, 0.05) is 0 Å². The van der Waals surface area contributed by atoms with Crippen molar-refractivity contribution in [3.05, 3.63) is 84.2 Å². The summed E-state index contributed by atoms with van der Waals surface area (Å²) in [7, 11) is 0. The zero-order valence-electron chi connectivity index (χ0n) is 20.1. The predicted octanol–water partition coefficient (Wildman–Crippen LogP) is 3.34. The Kier molecular flexibility index (Phi) is 7.11. The number of hydrogen-bond donors (Lipinski definition) is 2. The maximum absolute atomic E-state index is 15.5. The number of nitrogen functional groups attached to an aromatic ring is 1. The van der Waals surface area contributed by atoms with Crippen LogP contribution in [0.15, 0.2) is 67.0 Å². The quantitative estimate of drug-likeness (QED) is 0.329. The molecule has 1 fully saturated rings. The van der Waals surface area contributed by atoms with Crippen LogP contribution < -0.4 is 5.73 Å². The molecular formula is C26H27F2N5O4. The number of imidazole rings is 1. The Morgan fingerprint density at radius 3 is 2.38 bits per heavy atom. The van der Waals surface area contributed by atoms with Crippen molar-refractivity contribution in [2.45, 2.75) is 50.3 Å². The second kappa shape index (κ2) is 10.5. The Morgan fingerprint density at radius 1 is 1.08 bits per heavy atom. The first kappa shape index (κ1) is 25.2. The third-order valence-corrected chi connectivity index (χ3v) is 6.50. The van der Waals surface area contributed by atoms with Gasteiger partial charge in [0.15, 0.2) is 28.8 Å². The topological polar surface area (TPSA) is 118 Å². The van der Waals surface area contributed by atoms with Gasteiger partial charge in [-0.1, -0.05) is 60.7 Å². The molecule has 5 atom stereocenters. The van der Waals surface area contributed by atoms with Gasteiger partial charge in [0.1, 0.15) is 18.4 Å². The number of aliphatic hydroxyl groups excluding tert-OH is 1. The number of anilines is 1. The van der Waals surface area contributed by atoms with Crippen LogP contribution in [0.25, 0.3) is 11.2 Å². The molecule has 4 aromatic rings. The molecule has 37 heavy (non-hydrogen) atoms. The molecule has 0 amide bonds. The van der Waals surface area contributed by atoms with Crippen LogP contribution in [0, 0.1) is 6.08 Å². The normalized spacial score (nSPS) is 24.5. The van der Waals surface area contributed by atoms with Crippen molar-refractivity contribution in [1.29, 1.82) is 0 Å². The van der Waals surface area contributed by atoms with Gasteiger partial charge in [-0.2, -0.15) is 14.4 Å². The molecule has 5 rings (SSSR count). The van der Waals surface area contributed by atoms with E-state index < -0.39 is 36.3 Å². The number of nitrogens with two attached hydrogens (primary N) is 1. The van der Waals surface area contributed by atoms with Crippen LogP contribution in [0.5, 0.6) is 0 Å². The molecule has 3 N–H and O–H groups in total. The average molecular weight is 512 g/mol. The smallest absolute Gasteiger partial charge is 0.312 e. The molecular weight excluding hydrogens is 484 g/mol. The van der Waals surface area contributed by atoms with Crippen LogP contribution in [0.3, 0.4) is 0 Å². The van der Waals surface area contributed by atoms with E-state index in [-0.39, 0.29) is 36.8 Å². The minimum atomic E-state index is -1.69. The lowest BCUT2D eigenvalue weighted by atomic mass is 9.91. The van der Waals surface area contributed by atoms with E-state index in [1.54, 1.807) is 0 Å². The van der Waals surface area contributed by atoms with Crippen molar-refractivity contribution in [3.8, 4) is 0 Å². The molecule has 3 heterocycles. The van der Waals surface area contributed by atoms with Crippen molar-refractivity contribution < 1.29 is 28.1 Å². The number of halogens is 2. The largest absolute Gasteiger partial charge is 0.386 e. The highest BCUT2D eigenvalue weighted by Gasteiger charge is 2.60. The molecule has 9 nitrogen and oxygen atoms in total. The van der Waals surface area contributed by atoms with Crippen molar-refractivity contribution in [1.82, 2.24) is 19.5 Å². The van der Waals surface area contributed by atoms with E-state index in [1.165, 1.54) is 17.8 Å². The summed E-state index contributed by atoms with van der Waals surface area (Å²) in [5.74, 6) is -0.165. The van der Waals surface area contributed by atoms with Gasteiger partial charge in [-0.05, 0) is 18.1 Å². The van der Waals surface area contributed by atoms with E-state index in [4.69, 9.17) is 19.9 Å². The number of ether oxygens (including phenoxy) is 3. The van der Waals surface area contributed by atoms with Gasteiger partial charge >= 0.3 is 6.08 Å². The molecule has 2 aromatic heterocycles. The number of nitrogens with zero attached hydrogens (tertiary/aromatic N) is 4. The summed E-state index contributed by atoms with van der Waals surface area (Å²) in [6, 6.07) is 18.7. The number of alkyl halides is 1. The Balaban J connectivity index is 1.48. The zero-order chi connectivity index (χ0) is 26.0. The Hall–Kier alpha value is -3.51. The number of rotatable bonds is 9. The standard InChI is InChI=1S/C26H27F2N5O4/c1-16(27)26(14-35-12-17-8-4-2-5-9-17)21(36-13-18-10-6-3-7-11-18)20(34)24(37-26)33-15-30-19-22(29)31-25(28)32-23(19)33/h2-11,15-16,20-21,24,34H,12-14H2,1H3,(H2,29,31,32)/t16?,20-,21+,24-,26+/m1/s1. The average Bonchev–Trinajstić information content (AvgIpc) is 3.43. The van der Waals surface area contributed by atoms with Gasteiger partial charge in [0.05, 0.1) is 26.1 Å². The fraction of sp³-hybridized carbons (Fsp3) is 0.346. The predicted molar refractivity (Wildman–Crippen MR) is 130 cm³/mol. The van der Waals surface area contributed by atoms with Crippen molar-refractivity contribution in [2.75, 3.05) is 12.3 Å². The van der Waals surface area contributed by atoms with E-state index >= 15 is 4.39 Å². The van der Waals surface area contributed by atoms with Crippen LogP contribution in [-0.4, -0.2) is 55.2 Å². The van der Waals surface area contributed by atoms with Crippen LogP contribution in [0.1, 0.15) is 24.3 Å². The number of aliphatic hydroxyl groups is 1. The number of hydrogen-bond acceptors (Lipinski definition) is 8. The summed E-state index contributed by atoms with van der Waals surface area (Å²) in [6.45, 7) is 1.41. The van der Waals surface area contributed by atoms with Crippen molar-refractivity contribution in [3.63, 3.8) is 0 Å². The summed E-state index contributed by atoms with van der Waals surface area (Å²) in [6.07, 6.45) is -5.12. The van der Waals surface area contributed by atoms with E-state index in [9.17, 15) is 9.50 Å². The third-order valence-electron chi connectivity index (χ3n) is 6.50. The lowest BCUT2D eigenvalue weighted by Crippen LogP contribution is -2.54. The van der Waals surface area contributed by atoms with E-state index in [2.05, 4.69) is 15.0 Å². The maximum atomic E-state index is 15.5. The highest BCUT2D eigenvalue weighted by molar-refractivity contribution is 5.81. The van der Waals surface area contributed by atoms with Crippen LogP contribution in [0.4, 0.5) is 14.6 Å². The molecule has 1 unspecified atom stereocenters. The van der Waals surface area contributed by atoms with Gasteiger partial charge in [-0.3, -0.25) is 4.57 Å². The molecule has 11 heteroatoms. The fourth-order valence-electron chi connectivity index (χ4n) is 4.57. The monoisotopic (exact) mass is 511 g/mol. The van der Waals surface area contributed by atoms with Gasteiger partial charge in [-0.25, -0.2) is 9.37 Å². The van der Waals surface area contributed by atoms with Gasteiger partial charge in [0.25, 0.3) is 0 Å². The Morgan fingerprint density at radius 2 is 1.73 bits per heavy atom. The molecule has 1 saturated heterocycles. The first-order valence-corrected chi connectivity index (χ1v) is 11.8. The molecule has 1 aliphatic rings. The lowest BCUT2D eigenvalue weighted by molar-refractivity contribution is -0.184. The van der Waals surface area contributed by atoms with E-state index in [0.717, 1.165) is 11.1 Å². The van der Waals surface area contributed by atoms with Crippen LogP contribution in [-0.2, 0) is 27.4 Å². The zero-order valence-corrected chi connectivity index (χ0v) is 20.1. The first-order chi connectivity index (χ1) is 17.9. The minimum Gasteiger partial charge on any atom is -0.386 e. The second-order valence-electron chi connectivity index (χ2n) is 8.97. The third kappa shape index (κ3) is 4.90. The summed E-state index contributed by atoms with van der Waals surface area (Å²) in [5, 5.41) is 11.4. The summed E-state index contributed by atoms with van der Waals surface area (Å²) in [5.41, 5.74) is 5.96. The molecule has 194 valence electrons. The molecule has 0 spiro atoms. The molecule has 0 radical (unpaired) electrons. The minimum absolute atomic E-state index is 0.00312. The van der Waals surface area contributed by atoms with Crippen LogP contribution >= 0.6 is 0 Å². The molecule has 0 saturated carbocycles. The maximum Gasteiger partial charge on any atom is 0.312 e. The summed E-state index contributed by atoms with van der Waals surface area (Å²) in [4.78, 5) is 11.4. The molecule has 0 bridgehead atoms. The SMILES string of the molecule is CC(F)[C@]1(COCc2ccccc2)O[C@@H](n2cnc3c(N)nc(F)nc32)[C@H](O)[C@@H]1OCc1ccccc1. The molecule has 1 aliphatic heterocycles. The highest BCUT2D eigenvalue weighted by atomic mass is 19.1. The Labute approximate surface area is 211 Å². The second-order valence-corrected chi connectivity index (χ2v) is 8.97. The summed E-state index contributed by atoms with van der Waals surface area (Å²) >= 11 is 0. The van der Waals surface area contributed by atoms with Gasteiger partial charge in [0.2, 0.25) is 0 Å².